The summed E-state index contributed by atoms with van der Waals surface area (Å²) in [5.41, 5.74) is 2.50. The van der Waals surface area contributed by atoms with Crippen LogP contribution in [-0.4, -0.2) is 54.2 Å². The molecule has 1 aromatic heterocycles. The van der Waals surface area contributed by atoms with E-state index in [2.05, 4.69) is 10.3 Å². The second-order valence-corrected chi connectivity index (χ2v) is 9.04. The van der Waals surface area contributed by atoms with Gasteiger partial charge in [-0.05, 0) is 42.7 Å². The van der Waals surface area contributed by atoms with E-state index >= 15 is 0 Å². The quantitative estimate of drug-likeness (QED) is 0.588. The van der Waals surface area contributed by atoms with Crippen molar-refractivity contribution in [1.29, 1.82) is 0 Å². The van der Waals surface area contributed by atoms with Crippen molar-refractivity contribution in [2.75, 3.05) is 26.5 Å². The smallest absolute Gasteiger partial charge is 0.216 e. The van der Waals surface area contributed by atoms with E-state index in [-0.39, 0.29) is 18.3 Å². The van der Waals surface area contributed by atoms with E-state index in [0.29, 0.717) is 18.0 Å². The van der Waals surface area contributed by atoms with Gasteiger partial charge >= 0.3 is 0 Å². The monoisotopic (exact) mass is 416 g/mol. The lowest BCUT2D eigenvalue weighted by atomic mass is 10.0. The number of methoxy groups -OCH3 is 2. The minimum absolute atomic E-state index is 0.0237. The molecule has 8 nitrogen and oxygen atoms in total. The first-order valence-electron chi connectivity index (χ1n) is 9.53. The number of sulfonamides is 1. The number of aromatic nitrogens is 3. The molecule has 1 saturated heterocycles. The number of para-hydroxylation sites is 1. The first-order chi connectivity index (χ1) is 14.0. The van der Waals surface area contributed by atoms with Crippen LogP contribution in [-0.2, 0) is 16.6 Å². The molecule has 1 unspecified atom stereocenters. The van der Waals surface area contributed by atoms with Crippen molar-refractivity contribution in [3.05, 3.63) is 48.0 Å². The molecule has 0 N–H and O–H groups in total. The van der Waals surface area contributed by atoms with Crippen LogP contribution < -0.4 is 9.47 Å². The predicted octanol–water partition coefficient (Wildman–Crippen LogP) is 2.62. The van der Waals surface area contributed by atoms with E-state index in [1.807, 2.05) is 42.5 Å². The van der Waals surface area contributed by atoms with Crippen molar-refractivity contribution in [2.45, 2.75) is 25.4 Å². The first-order valence-corrected chi connectivity index (χ1v) is 11.1. The third-order valence-corrected chi connectivity index (χ3v) is 7.18. The Morgan fingerprint density at radius 1 is 1.10 bits per heavy atom. The first kappa shape index (κ1) is 19.7. The van der Waals surface area contributed by atoms with Gasteiger partial charge in [0.1, 0.15) is 5.52 Å². The molecule has 0 radical (unpaired) electrons. The maximum atomic E-state index is 13.1. The Labute approximate surface area is 170 Å². The summed E-state index contributed by atoms with van der Waals surface area (Å²) in [5, 5.41) is 8.19. The maximum absolute atomic E-state index is 13.1. The fourth-order valence-corrected chi connectivity index (χ4v) is 5.53. The van der Waals surface area contributed by atoms with Crippen molar-refractivity contribution in [2.24, 2.45) is 0 Å². The fraction of sp³-hybridized carbons (Fsp3) is 0.400. The summed E-state index contributed by atoms with van der Waals surface area (Å²) in [7, 11) is -0.307. The molecule has 0 spiro atoms. The topological polar surface area (TPSA) is 86.6 Å². The third kappa shape index (κ3) is 3.79. The summed E-state index contributed by atoms with van der Waals surface area (Å²) in [4.78, 5) is 0. The molecule has 1 fully saturated rings. The van der Waals surface area contributed by atoms with Crippen LogP contribution in [0.25, 0.3) is 11.0 Å². The molecule has 0 aliphatic carbocycles. The Kier molecular flexibility index (Phi) is 5.42. The zero-order chi connectivity index (χ0) is 20.4. The summed E-state index contributed by atoms with van der Waals surface area (Å²) in [6.45, 7) is 0.775. The number of fused-ring (bicyclic) bond motifs is 1. The van der Waals surface area contributed by atoms with E-state index in [1.165, 1.54) is 0 Å². The van der Waals surface area contributed by atoms with Gasteiger partial charge in [-0.1, -0.05) is 23.4 Å². The summed E-state index contributed by atoms with van der Waals surface area (Å²) in [6.07, 6.45) is 1.60. The van der Waals surface area contributed by atoms with E-state index in [9.17, 15) is 8.42 Å². The van der Waals surface area contributed by atoms with Crippen LogP contribution in [0.2, 0.25) is 0 Å². The molecule has 0 amide bonds. The lowest BCUT2D eigenvalue weighted by molar-refractivity contribution is 0.351. The molecular formula is C20H24N4O4S. The van der Waals surface area contributed by atoms with Gasteiger partial charge in [0.05, 0.1) is 32.0 Å². The molecule has 1 aliphatic rings. The van der Waals surface area contributed by atoms with Crippen molar-refractivity contribution in [1.82, 2.24) is 19.3 Å². The van der Waals surface area contributed by atoms with Gasteiger partial charge < -0.3 is 9.47 Å². The summed E-state index contributed by atoms with van der Waals surface area (Å²) < 4.78 is 40.2. The van der Waals surface area contributed by atoms with Gasteiger partial charge in [0.15, 0.2) is 11.5 Å². The molecule has 0 saturated carbocycles. The van der Waals surface area contributed by atoms with Crippen LogP contribution in [0.4, 0.5) is 0 Å². The van der Waals surface area contributed by atoms with Crippen molar-refractivity contribution in [3.63, 3.8) is 0 Å². The molecule has 0 bridgehead atoms. The lowest BCUT2D eigenvalue weighted by Gasteiger charge is -2.25. The second-order valence-electron chi connectivity index (χ2n) is 7.00. The van der Waals surface area contributed by atoms with E-state index in [1.54, 1.807) is 23.2 Å². The number of hydrogen-bond donors (Lipinski definition) is 0. The van der Waals surface area contributed by atoms with E-state index < -0.39 is 10.0 Å². The Balaban J connectivity index is 1.54. The van der Waals surface area contributed by atoms with Crippen molar-refractivity contribution < 1.29 is 17.9 Å². The largest absolute Gasteiger partial charge is 0.493 e. The highest BCUT2D eigenvalue weighted by Gasteiger charge is 2.35. The molecule has 9 heteroatoms. The van der Waals surface area contributed by atoms with Crippen LogP contribution in [0.3, 0.4) is 0 Å². The standard InChI is InChI=1S/C20H24N4O4S/c1-27-19-10-9-15(14-20(19)28-2)17-8-5-11-24(17)29(25,26)13-12-23-18-7-4-3-6-16(18)21-22-23/h3-4,6-7,9-10,14,17H,5,8,11-13H2,1-2H3. The summed E-state index contributed by atoms with van der Waals surface area (Å²) in [5.74, 6) is 1.20. The molecule has 3 aromatic rings. The van der Waals surface area contributed by atoms with Gasteiger partial charge in [0.2, 0.25) is 10.0 Å². The molecule has 1 aliphatic heterocycles. The minimum Gasteiger partial charge on any atom is -0.493 e. The number of rotatable bonds is 7. The van der Waals surface area contributed by atoms with Crippen LogP contribution in [0.1, 0.15) is 24.4 Å². The molecule has 154 valence electrons. The van der Waals surface area contributed by atoms with Gasteiger partial charge in [-0.25, -0.2) is 13.1 Å². The molecule has 29 heavy (non-hydrogen) atoms. The Morgan fingerprint density at radius 2 is 1.90 bits per heavy atom. The number of ether oxygens (including phenoxy) is 2. The molecular weight excluding hydrogens is 392 g/mol. The number of hydrogen-bond acceptors (Lipinski definition) is 6. The predicted molar refractivity (Wildman–Crippen MR) is 110 cm³/mol. The lowest BCUT2D eigenvalue weighted by Crippen LogP contribution is -2.34. The fourth-order valence-electron chi connectivity index (χ4n) is 3.87. The number of benzene rings is 2. The van der Waals surface area contributed by atoms with Crippen molar-refractivity contribution >= 4 is 21.1 Å². The highest BCUT2D eigenvalue weighted by molar-refractivity contribution is 7.89. The van der Waals surface area contributed by atoms with Crippen LogP contribution in [0.5, 0.6) is 11.5 Å². The van der Waals surface area contributed by atoms with Gasteiger partial charge in [-0.3, -0.25) is 0 Å². The van der Waals surface area contributed by atoms with E-state index in [0.717, 1.165) is 29.4 Å². The van der Waals surface area contributed by atoms with Crippen LogP contribution in [0, 0.1) is 0 Å². The Bertz CT molecular complexity index is 1110. The van der Waals surface area contributed by atoms with E-state index in [4.69, 9.17) is 9.47 Å². The van der Waals surface area contributed by atoms with Gasteiger partial charge in [-0.15, -0.1) is 5.10 Å². The minimum atomic E-state index is -3.46. The summed E-state index contributed by atoms with van der Waals surface area (Å²) in [6, 6.07) is 12.9. The summed E-state index contributed by atoms with van der Waals surface area (Å²) >= 11 is 0. The second kappa shape index (κ2) is 8.00. The highest BCUT2D eigenvalue weighted by atomic mass is 32.2. The molecule has 4 rings (SSSR count). The molecule has 2 aromatic carbocycles. The number of nitrogens with zero attached hydrogens (tertiary/aromatic N) is 4. The van der Waals surface area contributed by atoms with Gasteiger partial charge in [0, 0.05) is 12.6 Å². The third-order valence-electron chi connectivity index (χ3n) is 5.33. The number of aryl methyl sites for hydroxylation is 1. The van der Waals surface area contributed by atoms with Crippen molar-refractivity contribution in [3.8, 4) is 11.5 Å². The molecule has 1 atom stereocenters. The zero-order valence-electron chi connectivity index (χ0n) is 16.5. The Morgan fingerprint density at radius 3 is 2.69 bits per heavy atom. The van der Waals surface area contributed by atoms with Gasteiger partial charge in [-0.2, -0.15) is 4.31 Å². The maximum Gasteiger partial charge on any atom is 0.216 e. The Hall–Kier alpha value is -2.65. The average Bonchev–Trinajstić information content (AvgIpc) is 3.39. The SMILES string of the molecule is COc1ccc(C2CCCN2S(=O)(=O)CCn2nnc3ccccc32)cc1OC. The average molecular weight is 417 g/mol. The molecule has 2 heterocycles. The van der Waals surface area contributed by atoms with Crippen LogP contribution in [0.15, 0.2) is 42.5 Å². The van der Waals surface area contributed by atoms with Crippen LogP contribution >= 0.6 is 0 Å². The normalized spacial score (nSPS) is 17.7. The zero-order valence-corrected chi connectivity index (χ0v) is 17.3. The highest BCUT2D eigenvalue weighted by Crippen LogP contribution is 2.38. The van der Waals surface area contributed by atoms with Gasteiger partial charge in [0.25, 0.3) is 0 Å².